The summed E-state index contributed by atoms with van der Waals surface area (Å²) in [5.41, 5.74) is 1.78. The maximum atomic E-state index is 12.3. The molecule has 0 N–H and O–H groups in total. The van der Waals surface area contributed by atoms with E-state index in [2.05, 4.69) is 23.8 Å². The minimum atomic E-state index is 0.0342. The summed E-state index contributed by atoms with van der Waals surface area (Å²) in [5.74, 6) is 1.92. The third-order valence-corrected chi connectivity index (χ3v) is 5.36. The van der Waals surface area contributed by atoms with Crippen molar-refractivity contribution >= 4 is 22.8 Å². The molecule has 30 heavy (non-hydrogen) atoms. The molecule has 1 aliphatic rings. The van der Waals surface area contributed by atoms with Crippen LogP contribution in [0.4, 0.5) is 5.82 Å². The first-order chi connectivity index (χ1) is 14.6. The molecular formula is C22H28N6O2. The minimum Gasteiger partial charge on any atom is -0.375 e. The number of rotatable bonds is 5. The molecule has 0 spiro atoms. The lowest BCUT2D eigenvalue weighted by atomic mass is 10.2. The molecule has 0 bridgehead atoms. The van der Waals surface area contributed by atoms with Gasteiger partial charge in [0.05, 0.1) is 17.3 Å². The first kappa shape index (κ1) is 20.3. The van der Waals surface area contributed by atoms with Gasteiger partial charge in [-0.15, -0.1) is 0 Å². The van der Waals surface area contributed by atoms with Crippen molar-refractivity contribution in [3.8, 4) is 5.69 Å². The highest BCUT2D eigenvalue weighted by Gasteiger charge is 2.24. The van der Waals surface area contributed by atoms with Gasteiger partial charge in [0.1, 0.15) is 18.2 Å². The zero-order valence-electron chi connectivity index (χ0n) is 17.8. The van der Waals surface area contributed by atoms with E-state index in [4.69, 9.17) is 14.7 Å². The molecule has 0 radical (unpaired) electrons. The smallest absolute Gasteiger partial charge is 0.248 e. The van der Waals surface area contributed by atoms with Crippen molar-refractivity contribution in [3.63, 3.8) is 0 Å². The molecule has 3 aromatic rings. The number of carbonyl (C=O) groups is 1. The molecule has 158 valence electrons. The largest absolute Gasteiger partial charge is 0.375 e. The predicted molar refractivity (Wildman–Crippen MR) is 116 cm³/mol. The predicted octanol–water partition coefficient (Wildman–Crippen LogP) is 2.62. The van der Waals surface area contributed by atoms with Gasteiger partial charge in [0.2, 0.25) is 5.91 Å². The van der Waals surface area contributed by atoms with Crippen molar-refractivity contribution in [3.05, 3.63) is 42.4 Å². The summed E-state index contributed by atoms with van der Waals surface area (Å²) < 4.78 is 6.89. The second-order valence-electron chi connectivity index (χ2n) is 7.84. The summed E-state index contributed by atoms with van der Waals surface area (Å²) in [4.78, 5) is 26.1. The van der Waals surface area contributed by atoms with E-state index in [0.717, 1.165) is 54.4 Å². The molecule has 1 aromatic carbocycles. The number of fused-ring (bicyclic) bond motifs is 1. The van der Waals surface area contributed by atoms with E-state index in [1.807, 2.05) is 46.1 Å². The van der Waals surface area contributed by atoms with Gasteiger partial charge in [-0.3, -0.25) is 4.79 Å². The molecule has 8 nitrogen and oxygen atoms in total. The summed E-state index contributed by atoms with van der Waals surface area (Å²) in [6.45, 7) is 7.25. The van der Waals surface area contributed by atoms with Gasteiger partial charge in [0.15, 0.2) is 5.65 Å². The zero-order chi connectivity index (χ0) is 21.1. The van der Waals surface area contributed by atoms with Gasteiger partial charge in [-0.05, 0) is 18.6 Å². The van der Waals surface area contributed by atoms with Crippen LogP contribution in [-0.4, -0.2) is 70.5 Å². The summed E-state index contributed by atoms with van der Waals surface area (Å²) >= 11 is 0. The minimum absolute atomic E-state index is 0.0342. The first-order valence-corrected chi connectivity index (χ1v) is 10.4. The molecule has 0 unspecified atom stereocenters. The molecule has 0 atom stereocenters. The van der Waals surface area contributed by atoms with Crippen LogP contribution in [0.25, 0.3) is 16.7 Å². The fourth-order valence-corrected chi connectivity index (χ4v) is 3.76. The number of hydrogen-bond donors (Lipinski definition) is 0. The lowest BCUT2D eigenvalue weighted by Crippen LogP contribution is -2.37. The van der Waals surface area contributed by atoms with Crippen molar-refractivity contribution in [1.82, 2.24) is 24.6 Å². The van der Waals surface area contributed by atoms with Crippen LogP contribution in [0.3, 0.4) is 0 Å². The van der Waals surface area contributed by atoms with E-state index in [1.54, 1.807) is 7.11 Å². The van der Waals surface area contributed by atoms with Crippen LogP contribution in [0.5, 0.6) is 0 Å². The second kappa shape index (κ2) is 8.79. The maximum Gasteiger partial charge on any atom is 0.248 e. The Hall–Kier alpha value is -3.00. The average Bonchev–Trinajstić information content (AvgIpc) is 3.03. The number of hydrogen-bond acceptors (Lipinski definition) is 6. The number of ether oxygens (including phenoxy) is 1. The molecule has 2 aromatic heterocycles. The normalized spacial score (nSPS) is 15.1. The Bertz CT molecular complexity index is 1020. The van der Waals surface area contributed by atoms with Gasteiger partial charge in [0.25, 0.3) is 0 Å². The lowest BCUT2D eigenvalue weighted by Gasteiger charge is -2.24. The number of carbonyl (C=O) groups excluding carboxylic acids is 1. The first-order valence-electron chi connectivity index (χ1n) is 10.4. The Kier molecular flexibility index (Phi) is 5.94. The van der Waals surface area contributed by atoms with Crippen LogP contribution in [0, 0.1) is 0 Å². The highest BCUT2D eigenvalue weighted by atomic mass is 16.5. The maximum absolute atomic E-state index is 12.3. The van der Waals surface area contributed by atoms with E-state index in [1.165, 1.54) is 0 Å². The van der Waals surface area contributed by atoms with Gasteiger partial charge in [-0.2, -0.15) is 5.10 Å². The molecule has 0 aliphatic carbocycles. The van der Waals surface area contributed by atoms with Crippen molar-refractivity contribution < 1.29 is 9.53 Å². The van der Waals surface area contributed by atoms with Gasteiger partial charge in [-0.25, -0.2) is 14.6 Å². The van der Waals surface area contributed by atoms with Gasteiger partial charge in [0, 0.05) is 39.2 Å². The quantitative estimate of drug-likeness (QED) is 0.646. The van der Waals surface area contributed by atoms with Crippen LogP contribution in [0.1, 0.15) is 32.0 Å². The highest BCUT2D eigenvalue weighted by Crippen LogP contribution is 2.28. The van der Waals surface area contributed by atoms with Crippen LogP contribution in [0.2, 0.25) is 0 Å². The molecule has 0 saturated carbocycles. The lowest BCUT2D eigenvalue weighted by molar-refractivity contribution is -0.134. The SMILES string of the molecule is COCC(=O)N1CCCN(c2nc(C(C)C)nc3c2cnn3-c2ccccc2)CC1. The number of methoxy groups -OCH3 is 1. The molecular weight excluding hydrogens is 380 g/mol. The highest BCUT2D eigenvalue weighted by molar-refractivity contribution is 5.88. The third kappa shape index (κ3) is 4.00. The van der Waals surface area contributed by atoms with Crippen molar-refractivity contribution in [2.45, 2.75) is 26.2 Å². The van der Waals surface area contributed by atoms with Gasteiger partial charge in [-0.1, -0.05) is 32.0 Å². The van der Waals surface area contributed by atoms with E-state index in [0.29, 0.717) is 6.54 Å². The Morgan fingerprint density at radius 2 is 1.90 bits per heavy atom. The Balaban J connectivity index is 1.72. The monoisotopic (exact) mass is 408 g/mol. The van der Waals surface area contributed by atoms with Crippen molar-refractivity contribution in [1.29, 1.82) is 0 Å². The molecule has 1 amide bonds. The topological polar surface area (TPSA) is 76.4 Å². The molecule has 1 saturated heterocycles. The van der Waals surface area contributed by atoms with Crippen LogP contribution in [0.15, 0.2) is 36.5 Å². The number of benzene rings is 1. The molecule has 1 aliphatic heterocycles. The Morgan fingerprint density at radius 3 is 2.63 bits per heavy atom. The summed E-state index contributed by atoms with van der Waals surface area (Å²) in [5, 5.41) is 5.55. The standard InChI is InChI=1S/C22H28N6O2/c1-16(2)20-24-21(27-11-7-10-26(12-13-27)19(29)15-30-3)18-14-23-28(22(18)25-20)17-8-5-4-6-9-17/h4-6,8-9,14,16H,7,10-13,15H2,1-3H3. The number of amides is 1. The Labute approximate surface area is 176 Å². The molecule has 8 heteroatoms. The van der Waals surface area contributed by atoms with Crippen LogP contribution < -0.4 is 4.90 Å². The fourth-order valence-electron chi connectivity index (χ4n) is 3.76. The zero-order valence-corrected chi connectivity index (χ0v) is 17.8. The third-order valence-electron chi connectivity index (χ3n) is 5.36. The van der Waals surface area contributed by atoms with Crippen LogP contribution >= 0.6 is 0 Å². The van der Waals surface area contributed by atoms with Crippen molar-refractivity contribution in [2.75, 3.05) is 44.8 Å². The number of anilines is 1. The summed E-state index contributed by atoms with van der Waals surface area (Å²) in [6.07, 6.45) is 2.73. The second-order valence-corrected chi connectivity index (χ2v) is 7.84. The van der Waals surface area contributed by atoms with E-state index in [9.17, 15) is 4.79 Å². The van der Waals surface area contributed by atoms with Gasteiger partial charge < -0.3 is 14.5 Å². The summed E-state index contributed by atoms with van der Waals surface area (Å²) in [6, 6.07) is 10.0. The number of para-hydroxylation sites is 1. The van der Waals surface area contributed by atoms with E-state index in [-0.39, 0.29) is 18.4 Å². The summed E-state index contributed by atoms with van der Waals surface area (Å²) in [7, 11) is 1.55. The molecule has 1 fully saturated rings. The van der Waals surface area contributed by atoms with E-state index < -0.39 is 0 Å². The molecule has 4 rings (SSSR count). The average molecular weight is 409 g/mol. The molecule has 3 heterocycles. The Morgan fingerprint density at radius 1 is 1.10 bits per heavy atom. The van der Waals surface area contributed by atoms with Crippen LogP contribution in [-0.2, 0) is 9.53 Å². The number of nitrogens with zero attached hydrogens (tertiary/aromatic N) is 6. The van der Waals surface area contributed by atoms with E-state index >= 15 is 0 Å². The van der Waals surface area contributed by atoms with Gasteiger partial charge >= 0.3 is 0 Å². The fraction of sp³-hybridized carbons (Fsp3) is 0.455. The number of aromatic nitrogens is 4. The van der Waals surface area contributed by atoms with Crippen molar-refractivity contribution in [2.24, 2.45) is 0 Å².